The summed E-state index contributed by atoms with van der Waals surface area (Å²) in [5.74, 6) is 0.886. The van der Waals surface area contributed by atoms with E-state index >= 15 is 0 Å². The summed E-state index contributed by atoms with van der Waals surface area (Å²) >= 11 is 0. The Kier molecular flexibility index (Phi) is 5.20. The Labute approximate surface area is 97.4 Å². The van der Waals surface area contributed by atoms with Gasteiger partial charge in [0.2, 0.25) is 0 Å². The van der Waals surface area contributed by atoms with E-state index in [0.717, 1.165) is 36.5 Å². The molecule has 0 radical (unpaired) electrons. The minimum Gasteiger partial charge on any atom is -0.494 e. The molecule has 0 saturated heterocycles. The molecule has 0 aliphatic rings. The molecule has 2 nitrogen and oxygen atoms in total. The van der Waals surface area contributed by atoms with Gasteiger partial charge in [-0.05, 0) is 49.6 Å². The van der Waals surface area contributed by atoms with Gasteiger partial charge in [-0.1, -0.05) is 12.2 Å². The molecule has 0 spiro atoms. The summed E-state index contributed by atoms with van der Waals surface area (Å²) in [6.07, 6.45) is 5.78. The summed E-state index contributed by atoms with van der Waals surface area (Å²) in [5, 5.41) is 0. The first kappa shape index (κ1) is 12.4. The van der Waals surface area contributed by atoms with E-state index in [1.54, 1.807) is 0 Å². The molecular weight excluding hydrogens is 198 g/mol. The molecule has 1 aromatic rings. The van der Waals surface area contributed by atoms with Crippen molar-refractivity contribution < 1.29 is 4.74 Å². The summed E-state index contributed by atoms with van der Waals surface area (Å²) < 4.78 is 5.57. The molecule has 0 bridgehead atoms. The molecule has 2 N–H and O–H groups in total. The van der Waals surface area contributed by atoms with Gasteiger partial charge in [-0.25, -0.2) is 0 Å². The molecule has 0 heterocycles. The van der Waals surface area contributed by atoms with E-state index in [9.17, 15) is 0 Å². The summed E-state index contributed by atoms with van der Waals surface area (Å²) in [5.41, 5.74) is 7.61. The van der Waals surface area contributed by atoms with Gasteiger partial charge in [0.05, 0.1) is 6.61 Å². The van der Waals surface area contributed by atoms with Crippen LogP contribution in [0.3, 0.4) is 0 Å². The van der Waals surface area contributed by atoms with Crippen LogP contribution in [0, 0.1) is 0 Å². The van der Waals surface area contributed by atoms with Gasteiger partial charge in [-0.2, -0.15) is 0 Å². The van der Waals surface area contributed by atoms with E-state index in [1.165, 1.54) is 0 Å². The number of rotatable bonds is 6. The predicted molar refractivity (Wildman–Crippen MR) is 69.2 cm³/mol. The fraction of sp³-hybridized carbons (Fsp3) is 0.286. The number of nitrogens with two attached hydrogens (primary N) is 1. The maximum atomic E-state index is 5.79. The number of ether oxygens (including phenoxy) is 1. The highest BCUT2D eigenvalue weighted by Crippen LogP contribution is 2.16. The van der Waals surface area contributed by atoms with Crippen LogP contribution in [0.1, 0.15) is 25.3 Å². The summed E-state index contributed by atoms with van der Waals surface area (Å²) in [6.45, 7) is 6.32. The molecule has 0 aliphatic heterocycles. The number of hydrogen-bond acceptors (Lipinski definition) is 2. The second-order valence-corrected chi connectivity index (χ2v) is 3.55. The third-order valence-electron chi connectivity index (χ3n) is 2.32. The van der Waals surface area contributed by atoms with Crippen molar-refractivity contribution in [1.82, 2.24) is 0 Å². The zero-order valence-corrected chi connectivity index (χ0v) is 9.78. The van der Waals surface area contributed by atoms with E-state index < -0.39 is 0 Å². The van der Waals surface area contributed by atoms with Gasteiger partial charge < -0.3 is 10.5 Å². The lowest BCUT2D eigenvalue weighted by Crippen LogP contribution is -1.98. The molecule has 0 atom stereocenters. The van der Waals surface area contributed by atoms with Gasteiger partial charge in [0.15, 0.2) is 0 Å². The van der Waals surface area contributed by atoms with Gasteiger partial charge >= 0.3 is 0 Å². The van der Waals surface area contributed by atoms with Crippen molar-refractivity contribution in [2.24, 2.45) is 5.73 Å². The summed E-state index contributed by atoms with van der Waals surface area (Å²) in [6, 6.07) is 7.83. The van der Waals surface area contributed by atoms with E-state index in [4.69, 9.17) is 10.5 Å². The lowest BCUT2D eigenvalue weighted by Gasteiger charge is -2.06. The molecule has 1 aromatic carbocycles. The molecule has 2 heteroatoms. The number of benzene rings is 1. The van der Waals surface area contributed by atoms with Gasteiger partial charge in [0.25, 0.3) is 0 Å². The molecule has 1 rings (SSSR count). The van der Waals surface area contributed by atoms with Crippen LogP contribution in [0.25, 0.3) is 5.70 Å². The quantitative estimate of drug-likeness (QED) is 0.586. The van der Waals surface area contributed by atoms with Gasteiger partial charge in [-0.15, -0.1) is 6.58 Å². The topological polar surface area (TPSA) is 35.2 Å². The standard InChI is InChI=1S/C14H19NO/c1-3-5-6-11-16-13-9-7-12(8-10-13)14(15)4-2/h3-4,7-10H,1,5-6,11,15H2,2H3/b14-4-. The van der Waals surface area contributed by atoms with Crippen LogP contribution in [-0.4, -0.2) is 6.61 Å². The first-order chi connectivity index (χ1) is 7.77. The lowest BCUT2D eigenvalue weighted by molar-refractivity contribution is 0.312. The Morgan fingerprint density at radius 1 is 1.38 bits per heavy atom. The summed E-state index contributed by atoms with van der Waals surface area (Å²) in [4.78, 5) is 0. The first-order valence-electron chi connectivity index (χ1n) is 5.54. The van der Waals surface area contributed by atoms with Crippen LogP contribution in [0.15, 0.2) is 43.0 Å². The van der Waals surface area contributed by atoms with Gasteiger partial charge in [0.1, 0.15) is 5.75 Å². The number of unbranched alkanes of at least 4 members (excludes halogenated alkanes) is 1. The fourth-order valence-corrected chi connectivity index (χ4v) is 1.33. The number of hydrogen-bond donors (Lipinski definition) is 1. The van der Waals surface area contributed by atoms with Crippen molar-refractivity contribution in [2.45, 2.75) is 19.8 Å². The van der Waals surface area contributed by atoms with E-state index in [2.05, 4.69) is 6.58 Å². The number of allylic oxidation sites excluding steroid dienone is 2. The predicted octanol–water partition coefficient (Wildman–Crippen LogP) is 3.35. The fourth-order valence-electron chi connectivity index (χ4n) is 1.33. The van der Waals surface area contributed by atoms with E-state index in [0.29, 0.717) is 0 Å². The molecule has 0 aliphatic carbocycles. The Hall–Kier alpha value is -1.70. The smallest absolute Gasteiger partial charge is 0.119 e. The third-order valence-corrected chi connectivity index (χ3v) is 2.32. The van der Waals surface area contributed by atoms with Crippen molar-refractivity contribution in [2.75, 3.05) is 6.61 Å². The minimum absolute atomic E-state index is 0.727. The van der Waals surface area contributed by atoms with Crippen molar-refractivity contribution in [3.63, 3.8) is 0 Å². The zero-order chi connectivity index (χ0) is 11.8. The van der Waals surface area contributed by atoms with Crippen LogP contribution < -0.4 is 10.5 Å². The van der Waals surface area contributed by atoms with Crippen LogP contribution in [-0.2, 0) is 0 Å². The summed E-state index contributed by atoms with van der Waals surface area (Å²) in [7, 11) is 0. The largest absolute Gasteiger partial charge is 0.494 e. The van der Waals surface area contributed by atoms with Crippen LogP contribution >= 0.6 is 0 Å². The molecular formula is C14H19NO. The normalized spacial score (nSPS) is 11.2. The van der Waals surface area contributed by atoms with Gasteiger partial charge in [0, 0.05) is 5.70 Å². The van der Waals surface area contributed by atoms with Crippen molar-refractivity contribution in [1.29, 1.82) is 0 Å². The molecule has 0 saturated carbocycles. The molecule has 0 fully saturated rings. The highest BCUT2D eigenvalue weighted by atomic mass is 16.5. The first-order valence-corrected chi connectivity index (χ1v) is 5.54. The van der Waals surface area contributed by atoms with Crippen molar-refractivity contribution in [3.8, 4) is 5.75 Å². The Bertz CT molecular complexity index is 352. The second-order valence-electron chi connectivity index (χ2n) is 3.55. The zero-order valence-electron chi connectivity index (χ0n) is 9.78. The Morgan fingerprint density at radius 2 is 2.06 bits per heavy atom. The maximum Gasteiger partial charge on any atom is 0.119 e. The van der Waals surface area contributed by atoms with E-state index in [1.807, 2.05) is 43.3 Å². The highest BCUT2D eigenvalue weighted by molar-refractivity contribution is 5.62. The van der Waals surface area contributed by atoms with Crippen LogP contribution in [0.4, 0.5) is 0 Å². The second kappa shape index (κ2) is 6.72. The molecule has 0 unspecified atom stereocenters. The Balaban J connectivity index is 2.48. The third kappa shape index (κ3) is 3.81. The maximum absolute atomic E-state index is 5.79. The average Bonchev–Trinajstić information content (AvgIpc) is 2.34. The van der Waals surface area contributed by atoms with Crippen molar-refractivity contribution in [3.05, 3.63) is 48.6 Å². The average molecular weight is 217 g/mol. The molecule has 86 valence electrons. The minimum atomic E-state index is 0.727. The highest BCUT2D eigenvalue weighted by Gasteiger charge is 1.96. The van der Waals surface area contributed by atoms with Gasteiger partial charge in [-0.3, -0.25) is 0 Å². The molecule has 16 heavy (non-hydrogen) atoms. The lowest BCUT2D eigenvalue weighted by atomic mass is 10.1. The SMILES string of the molecule is C=CCCCOc1ccc(/C(N)=C/C)cc1. The monoisotopic (exact) mass is 217 g/mol. The van der Waals surface area contributed by atoms with Crippen LogP contribution in [0.5, 0.6) is 5.75 Å². The van der Waals surface area contributed by atoms with E-state index in [-0.39, 0.29) is 0 Å². The van der Waals surface area contributed by atoms with Crippen molar-refractivity contribution >= 4 is 5.70 Å². The van der Waals surface area contributed by atoms with Crippen LogP contribution in [0.2, 0.25) is 0 Å². The molecule has 0 amide bonds. The Morgan fingerprint density at radius 3 is 2.62 bits per heavy atom. The molecule has 0 aromatic heterocycles.